The number of phenols is 1. The van der Waals surface area contributed by atoms with Crippen LogP contribution in [0.5, 0.6) is 5.75 Å². The highest BCUT2D eigenvalue weighted by Crippen LogP contribution is 2.32. The first-order valence-corrected chi connectivity index (χ1v) is 7.55. The first-order valence-electron chi connectivity index (χ1n) is 6.38. The summed E-state index contributed by atoms with van der Waals surface area (Å²) in [5.74, 6) is 0.148. The molecule has 0 spiro atoms. The van der Waals surface area contributed by atoms with E-state index in [4.69, 9.17) is 16.0 Å². The highest BCUT2D eigenvalue weighted by Gasteiger charge is 2.12. The van der Waals surface area contributed by atoms with E-state index >= 15 is 0 Å². The molecule has 0 aliphatic rings. The van der Waals surface area contributed by atoms with E-state index < -0.39 is 0 Å². The van der Waals surface area contributed by atoms with E-state index in [2.05, 4.69) is 25.9 Å². The normalized spacial score (nSPS) is 11.2. The second kappa shape index (κ2) is 6.34. The Kier molecular flexibility index (Phi) is 4.27. The van der Waals surface area contributed by atoms with Crippen molar-refractivity contribution in [3.8, 4) is 17.0 Å². The molecule has 4 nitrogen and oxygen atoms in total. The lowest BCUT2D eigenvalue weighted by molar-refractivity contribution is 0.474. The molecule has 6 heteroatoms. The van der Waals surface area contributed by atoms with Gasteiger partial charge in [0.1, 0.15) is 11.4 Å². The van der Waals surface area contributed by atoms with Crippen LogP contribution in [-0.4, -0.2) is 16.3 Å². The Balaban J connectivity index is 1.89. The van der Waals surface area contributed by atoms with E-state index in [9.17, 15) is 5.11 Å². The van der Waals surface area contributed by atoms with Crippen molar-refractivity contribution in [2.45, 2.75) is 0 Å². The monoisotopic (exact) mass is 376 g/mol. The Hall–Kier alpha value is -2.11. The van der Waals surface area contributed by atoms with Gasteiger partial charge in [0.05, 0.1) is 0 Å². The average molecular weight is 378 g/mol. The lowest BCUT2D eigenvalue weighted by Crippen LogP contribution is -1.81. The molecule has 22 heavy (non-hydrogen) atoms. The van der Waals surface area contributed by atoms with Crippen molar-refractivity contribution in [1.29, 1.82) is 0 Å². The summed E-state index contributed by atoms with van der Waals surface area (Å²) in [6.07, 6.45) is 1.50. The van der Waals surface area contributed by atoms with Crippen LogP contribution in [0.25, 0.3) is 11.3 Å². The van der Waals surface area contributed by atoms with Crippen LogP contribution in [0.3, 0.4) is 0 Å². The Morgan fingerprint density at radius 2 is 1.86 bits per heavy atom. The summed E-state index contributed by atoms with van der Waals surface area (Å²) in [5, 5.41) is 10.3. The Bertz CT molecular complexity index is 828. The summed E-state index contributed by atoms with van der Waals surface area (Å²) in [7, 11) is 0. The number of hydrogen-bond donors (Lipinski definition) is 1. The molecule has 0 amide bonds. The number of halogens is 2. The van der Waals surface area contributed by atoms with Gasteiger partial charge in [0, 0.05) is 22.4 Å². The summed E-state index contributed by atoms with van der Waals surface area (Å²) in [5.41, 5.74) is 2.09. The first-order chi connectivity index (χ1) is 10.6. The van der Waals surface area contributed by atoms with Crippen LogP contribution >= 0.6 is 27.5 Å². The van der Waals surface area contributed by atoms with Gasteiger partial charge in [-0.1, -0.05) is 35.9 Å². The molecule has 3 rings (SSSR count). The number of oxazole rings is 1. The molecule has 110 valence electrons. The van der Waals surface area contributed by atoms with Gasteiger partial charge in [-0.25, -0.2) is 4.99 Å². The summed E-state index contributed by atoms with van der Waals surface area (Å²) in [6.45, 7) is 0. The Labute approximate surface area is 140 Å². The summed E-state index contributed by atoms with van der Waals surface area (Å²) in [4.78, 5) is 8.46. The van der Waals surface area contributed by atoms with Gasteiger partial charge in [-0.2, -0.15) is 4.98 Å². The molecule has 0 radical (unpaired) electrons. The average Bonchev–Trinajstić information content (AvgIpc) is 2.88. The molecule has 1 aromatic heterocycles. The lowest BCUT2D eigenvalue weighted by Gasteiger charge is -1.96. The number of aromatic nitrogens is 1. The molecule has 0 bridgehead atoms. The maximum Gasteiger partial charge on any atom is 0.323 e. The molecule has 2 aromatic carbocycles. The number of phenolic OH excluding ortho intramolecular Hbond substituents is 1. The van der Waals surface area contributed by atoms with Gasteiger partial charge < -0.3 is 9.52 Å². The van der Waals surface area contributed by atoms with E-state index in [0.717, 1.165) is 5.56 Å². The number of aromatic hydroxyl groups is 1. The molecule has 0 fully saturated rings. The second-order valence-electron chi connectivity index (χ2n) is 4.44. The zero-order valence-electron chi connectivity index (χ0n) is 11.2. The number of hydrogen-bond acceptors (Lipinski definition) is 4. The van der Waals surface area contributed by atoms with Crippen LogP contribution in [0.4, 0.5) is 6.01 Å². The van der Waals surface area contributed by atoms with Crippen molar-refractivity contribution in [1.82, 2.24) is 4.98 Å². The predicted molar refractivity (Wildman–Crippen MR) is 90.0 cm³/mol. The van der Waals surface area contributed by atoms with Gasteiger partial charge in [-0.15, -0.1) is 0 Å². The molecule has 0 aliphatic carbocycles. The van der Waals surface area contributed by atoms with Crippen LogP contribution in [0, 0.1) is 0 Å². The van der Waals surface area contributed by atoms with Crippen molar-refractivity contribution in [2.24, 2.45) is 4.99 Å². The smallest absolute Gasteiger partial charge is 0.323 e. The molecular formula is C16H10BrClN2O2. The van der Waals surface area contributed by atoms with Gasteiger partial charge in [0.2, 0.25) is 0 Å². The maximum absolute atomic E-state index is 9.69. The third-order valence-electron chi connectivity index (χ3n) is 2.94. The first kappa shape index (κ1) is 14.8. The van der Waals surface area contributed by atoms with Gasteiger partial charge in [-0.05, 0) is 40.2 Å². The number of benzene rings is 2. The van der Waals surface area contributed by atoms with Crippen molar-refractivity contribution in [2.75, 3.05) is 0 Å². The number of aliphatic imine (C=N–C) groups is 1. The van der Waals surface area contributed by atoms with Crippen molar-refractivity contribution in [3.05, 3.63) is 63.8 Å². The van der Waals surface area contributed by atoms with E-state index in [1.54, 1.807) is 30.3 Å². The third kappa shape index (κ3) is 3.21. The standard InChI is InChI=1S/C16H10BrClN2O2/c17-15-14(10-5-7-12(18)8-6-10)20-16(22-15)19-9-11-3-1-2-4-13(11)21/h1-9,21H/b19-9+. The van der Waals surface area contributed by atoms with Gasteiger partial charge in [0.15, 0.2) is 4.67 Å². The zero-order chi connectivity index (χ0) is 15.5. The van der Waals surface area contributed by atoms with E-state index in [-0.39, 0.29) is 11.8 Å². The fourth-order valence-electron chi connectivity index (χ4n) is 1.85. The molecule has 0 saturated carbocycles. The van der Waals surface area contributed by atoms with Crippen LogP contribution in [0.1, 0.15) is 5.56 Å². The van der Waals surface area contributed by atoms with E-state index in [1.165, 1.54) is 6.21 Å². The van der Waals surface area contributed by atoms with Crippen LogP contribution in [-0.2, 0) is 0 Å². The maximum atomic E-state index is 9.69. The van der Waals surface area contributed by atoms with Crippen LogP contribution < -0.4 is 0 Å². The Morgan fingerprint density at radius 3 is 2.59 bits per heavy atom. The number of nitrogens with zero attached hydrogens (tertiary/aromatic N) is 2. The largest absolute Gasteiger partial charge is 0.507 e. The topological polar surface area (TPSA) is 58.6 Å². The molecule has 0 aliphatic heterocycles. The fraction of sp³-hybridized carbons (Fsp3) is 0. The minimum atomic E-state index is 0.148. The third-order valence-corrected chi connectivity index (χ3v) is 3.73. The van der Waals surface area contributed by atoms with E-state index in [1.807, 2.05) is 18.2 Å². The zero-order valence-corrected chi connectivity index (χ0v) is 13.5. The predicted octanol–water partition coefficient (Wildman–Crippen LogP) is 5.21. The molecule has 0 atom stereocenters. The molecule has 1 N–H and O–H groups in total. The molecule has 0 saturated heterocycles. The highest BCUT2D eigenvalue weighted by molar-refractivity contribution is 9.10. The van der Waals surface area contributed by atoms with Crippen molar-refractivity contribution in [3.63, 3.8) is 0 Å². The molecule has 1 heterocycles. The molecular weight excluding hydrogens is 368 g/mol. The van der Waals surface area contributed by atoms with Crippen LogP contribution in [0.15, 0.2) is 62.6 Å². The highest BCUT2D eigenvalue weighted by atomic mass is 79.9. The van der Waals surface area contributed by atoms with Gasteiger partial charge in [-0.3, -0.25) is 0 Å². The number of para-hydroxylation sites is 1. The minimum absolute atomic E-state index is 0.148. The quantitative estimate of drug-likeness (QED) is 0.637. The van der Waals surface area contributed by atoms with Crippen molar-refractivity contribution >= 4 is 39.8 Å². The lowest BCUT2D eigenvalue weighted by atomic mass is 10.2. The summed E-state index contributed by atoms with van der Waals surface area (Å²) < 4.78 is 5.94. The number of rotatable bonds is 3. The summed E-state index contributed by atoms with van der Waals surface area (Å²) in [6, 6.07) is 14.3. The van der Waals surface area contributed by atoms with Crippen LogP contribution in [0.2, 0.25) is 5.02 Å². The summed E-state index contributed by atoms with van der Waals surface area (Å²) >= 11 is 9.20. The second-order valence-corrected chi connectivity index (χ2v) is 5.60. The van der Waals surface area contributed by atoms with Gasteiger partial charge >= 0.3 is 6.01 Å². The molecule has 3 aromatic rings. The van der Waals surface area contributed by atoms with Gasteiger partial charge in [0.25, 0.3) is 0 Å². The van der Waals surface area contributed by atoms with E-state index in [0.29, 0.717) is 20.9 Å². The fourth-order valence-corrected chi connectivity index (χ4v) is 2.44. The van der Waals surface area contributed by atoms with Crippen molar-refractivity contribution < 1.29 is 9.52 Å². The molecule has 0 unspecified atom stereocenters. The minimum Gasteiger partial charge on any atom is -0.507 e. The SMILES string of the molecule is Oc1ccccc1/C=N/c1nc(-c2ccc(Cl)cc2)c(Br)o1. The Morgan fingerprint density at radius 1 is 1.14 bits per heavy atom.